The summed E-state index contributed by atoms with van der Waals surface area (Å²) in [6.07, 6.45) is 2.16. The number of rotatable bonds is 4. The minimum Gasteiger partial charge on any atom is -0.505 e. The Hall–Kier alpha value is -2.80. The molecular weight excluding hydrogens is 350 g/mol. The summed E-state index contributed by atoms with van der Waals surface area (Å²) >= 11 is 1.28. The van der Waals surface area contributed by atoms with Crippen molar-refractivity contribution in [3.05, 3.63) is 57.2 Å². The highest BCUT2D eigenvalue weighted by molar-refractivity contribution is 7.17. The molecule has 0 fully saturated rings. The highest BCUT2D eigenvalue weighted by atomic mass is 32.1. The van der Waals surface area contributed by atoms with Crippen LogP contribution >= 0.6 is 11.3 Å². The van der Waals surface area contributed by atoms with Crippen molar-refractivity contribution in [1.29, 1.82) is 0 Å². The molecule has 0 saturated carbocycles. The number of benzene rings is 1. The maximum atomic E-state index is 12.4. The van der Waals surface area contributed by atoms with Crippen LogP contribution in [-0.4, -0.2) is 35.6 Å². The van der Waals surface area contributed by atoms with Gasteiger partial charge < -0.3 is 20.3 Å². The molecule has 0 bridgehead atoms. The Balaban J connectivity index is 1.46. The van der Waals surface area contributed by atoms with Crippen molar-refractivity contribution in [2.24, 2.45) is 0 Å². The molecule has 3 N–H and O–H groups in total. The van der Waals surface area contributed by atoms with Crippen LogP contribution in [-0.2, 0) is 6.42 Å². The largest absolute Gasteiger partial charge is 0.505 e. The summed E-state index contributed by atoms with van der Waals surface area (Å²) < 4.78 is 0.514. The molecule has 1 aliphatic rings. The Morgan fingerprint density at radius 2 is 2.15 bits per heavy atom. The highest BCUT2D eigenvalue weighted by Gasteiger charge is 2.20. The number of carbonyl (C=O) groups excluding carboxylic acids is 1. The van der Waals surface area contributed by atoms with Crippen molar-refractivity contribution in [2.75, 3.05) is 24.5 Å². The first-order chi connectivity index (χ1) is 12.6. The molecule has 1 aromatic carbocycles. The third kappa shape index (κ3) is 2.94. The lowest BCUT2D eigenvalue weighted by Crippen LogP contribution is -2.38. The molecule has 1 aliphatic heterocycles. The lowest BCUT2D eigenvalue weighted by Gasteiger charge is -2.31. The Kier molecular flexibility index (Phi) is 4.38. The first-order valence-corrected chi connectivity index (χ1v) is 9.46. The molecule has 3 aromatic rings. The van der Waals surface area contributed by atoms with Crippen molar-refractivity contribution < 1.29 is 9.90 Å². The number of carbonyl (C=O) groups is 1. The van der Waals surface area contributed by atoms with Gasteiger partial charge in [-0.2, -0.15) is 0 Å². The van der Waals surface area contributed by atoms with Crippen LogP contribution in [0.5, 0.6) is 5.75 Å². The molecule has 0 aliphatic carbocycles. The van der Waals surface area contributed by atoms with Crippen molar-refractivity contribution in [3.8, 4) is 5.75 Å². The van der Waals surface area contributed by atoms with E-state index >= 15 is 0 Å². The standard InChI is InChI=1S/C19H19N3O3S/c23-16-15(19(25)21-13-7-11-26-17(13)16)18(24)20-8-10-22-9-3-5-12-4-1-2-6-14(12)22/h1-2,4,6-7,11H,3,5,8-10H2,(H,20,24)(H2,21,23,25). The molecule has 1 amide bonds. The predicted molar refractivity (Wildman–Crippen MR) is 103 cm³/mol. The van der Waals surface area contributed by atoms with E-state index < -0.39 is 11.5 Å². The smallest absolute Gasteiger partial charge is 0.265 e. The average molecular weight is 369 g/mol. The Morgan fingerprint density at radius 1 is 1.31 bits per heavy atom. The number of aryl methyl sites for hydroxylation is 1. The third-order valence-electron chi connectivity index (χ3n) is 4.69. The molecule has 3 heterocycles. The zero-order chi connectivity index (χ0) is 18.1. The van der Waals surface area contributed by atoms with Gasteiger partial charge in [0.15, 0.2) is 5.75 Å². The van der Waals surface area contributed by atoms with Gasteiger partial charge in [-0.25, -0.2) is 0 Å². The van der Waals surface area contributed by atoms with Crippen molar-refractivity contribution in [1.82, 2.24) is 10.3 Å². The van der Waals surface area contributed by atoms with E-state index in [0.29, 0.717) is 23.3 Å². The quantitative estimate of drug-likeness (QED) is 0.660. The fourth-order valence-electron chi connectivity index (χ4n) is 3.44. The van der Waals surface area contributed by atoms with E-state index in [1.807, 2.05) is 12.1 Å². The zero-order valence-electron chi connectivity index (χ0n) is 14.1. The zero-order valence-corrected chi connectivity index (χ0v) is 14.9. The van der Waals surface area contributed by atoms with Gasteiger partial charge in [0.2, 0.25) is 0 Å². The van der Waals surface area contributed by atoms with E-state index in [0.717, 1.165) is 19.4 Å². The second-order valence-electron chi connectivity index (χ2n) is 6.32. The Labute approximate surface area is 154 Å². The van der Waals surface area contributed by atoms with Crippen LogP contribution in [0.4, 0.5) is 5.69 Å². The molecule has 4 rings (SSSR count). The number of anilines is 1. The number of aromatic hydroxyl groups is 1. The van der Waals surface area contributed by atoms with Gasteiger partial charge in [-0.15, -0.1) is 11.3 Å². The molecule has 2 aromatic heterocycles. The van der Waals surface area contributed by atoms with Gasteiger partial charge >= 0.3 is 0 Å². The fraction of sp³-hybridized carbons (Fsp3) is 0.263. The minimum absolute atomic E-state index is 0.223. The molecule has 26 heavy (non-hydrogen) atoms. The van der Waals surface area contributed by atoms with Gasteiger partial charge in [0.25, 0.3) is 11.5 Å². The number of aromatic nitrogens is 1. The predicted octanol–water partition coefficient (Wildman–Crippen LogP) is 2.48. The number of amides is 1. The summed E-state index contributed by atoms with van der Waals surface area (Å²) in [6, 6.07) is 9.99. The number of H-pyrrole nitrogens is 1. The molecule has 0 saturated heterocycles. The lowest BCUT2D eigenvalue weighted by atomic mass is 10.0. The van der Waals surface area contributed by atoms with E-state index in [-0.39, 0.29) is 11.3 Å². The van der Waals surface area contributed by atoms with Crippen LogP contribution < -0.4 is 15.8 Å². The van der Waals surface area contributed by atoms with E-state index in [1.165, 1.54) is 22.6 Å². The summed E-state index contributed by atoms with van der Waals surface area (Å²) in [5.41, 5.74) is 2.27. The first kappa shape index (κ1) is 16.7. The lowest BCUT2D eigenvalue weighted by molar-refractivity contribution is 0.0950. The molecule has 7 heteroatoms. The summed E-state index contributed by atoms with van der Waals surface area (Å²) in [5.74, 6) is -0.802. The summed E-state index contributed by atoms with van der Waals surface area (Å²) in [5, 5.41) is 14.8. The average Bonchev–Trinajstić information content (AvgIpc) is 3.10. The normalized spacial score (nSPS) is 13.6. The minimum atomic E-state index is -0.575. The molecular formula is C19H19N3O3S. The summed E-state index contributed by atoms with van der Waals surface area (Å²) in [4.78, 5) is 29.5. The van der Waals surface area contributed by atoms with Crippen LogP contribution in [0.25, 0.3) is 10.2 Å². The Morgan fingerprint density at radius 3 is 3.04 bits per heavy atom. The van der Waals surface area contributed by atoms with E-state index in [9.17, 15) is 14.7 Å². The van der Waals surface area contributed by atoms with Crippen molar-refractivity contribution in [2.45, 2.75) is 12.8 Å². The van der Waals surface area contributed by atoms with Crippen LogP contribution in [0, 0.1) is 0 Å². The number of pyridine rings is 1. The number of nitrogens with one attached hydrogen (secondary N) is 2. The number of thiophene rings is 1. The number of aromatic amines is 1. The number of hydrogen-bond donors (Lipinski definition) is 3. The molecule has 0 unspecified atom stereocenters. The van der Waals surface area contributed by atoms with Gasteiger partial charge in [0, 0.05) is 25.3 Å². The van der Waals surface area contributed by atoms with Crippen molar-refractivity contribution >= 4 is 33.1 Å². The van der Waals surface area contributed by atoms with Gasteiger partial charge in [-0.1, -0.05) is 18.2 Å². The number of para-hydroxylation sites is 1. The van der Waals surface area contributed by atoms with Gasteiger partial charge in [0.05, 0.1) is 10.2 Å². The SMILES string of the molecule is O=C(NCCN1CCCc2ccccc21)c1c(O)c2sccc2[nH]c1=O. The van der Waals surface area contributed by atoms with E-state index in [1.54, 1.807) is 11.4 Å². The maximum absolute atomic E-state index is 12.4. The second-order valence-corrected chi connectivity index (χ2v) is 7.23. The third-order valence-corrected chi connectivity index (χ3v) is 5.61. The monoisotopic (exact) mass is 369 g/mol. The molecule has 0 spiro atoms. The molecule has 0 atom stereocenters. The topological polar surface area (TPSA) is 85.4 Å². The number of hydrogen-bond acceptors (Lipinski definition) is 5. The van der Waals surface area contributed by atoms with Gasteiger partial charge in [0.1, 0.15) is 5.56 Å². The number of nitrogens with zero attached hydrogens (tertiary/aromatic N) is 1. The van der Waals surface area contributed by atoms with Crippen LogP contribution in [0.15, 0.2) is 40.5 Å². The van der Waals surface area contributed by atoms with E-state index in [4.69, 9.17) is 0 Å². The van der Waals surface area contributed by atoms with Crippen LogP contribution in [0.1, 0.15) is 22.3 Å². The summed E-state index contributed by atoms with van der Waals surface area (Å²) in [7, 11) is 0. The molecule has 0 radical (unpaired) electrons. The Bertz CT molecular complexity index is 1020. The first-order valence-electron chi connectivity index (χ1n) is 8.58. The van der Waals surface area contributed by atoms with Crippen molar-refractivity contribution in [3.63, 3.8) is 0 Å². The second kappa shape index (κ2) is 6.84. The van der Waals surface area contributed by atoms with E-state index in [2.05, 4.69) is 27.3 Å². The van der Waals surface area contributed by atoms with Crippen LogP contribution in [0.3, 0.4) is 0 Å². The van der Waals surface area contributed by atoms with Gasteiger partial charge in [-0.05, 0) is 35.9 Å². The molecule has 6 nitrogen and oxygen atoms in total. The highest BCUT2D eigenvalue weighted by Crippen LogP contribution is 2.29. The summed E-state index contributed by atoms with van der Waals surface area (Å²) in [6.45, 7) is 2.00. The maximum Gasteiger partial charge on any atom is 0.265 e. The number of fused-ring (bicyclic) bond motifs is 2. The van der Waals surface area contributed by atoms with Gasteiger partial charge in [-0.3, -0.25) is 9.59 Å². The van der Waals surface area contributed by atoms with Crippen LogP contribution in [0.2, 0.25) is 0 Å². The fourth-order valence-corrected chi connectivity index (χ4v) is 4.24. The molecule has 134 valence electrons.